The van der Waals surface area contributed by atoms with Gasteiger partial charge in [0, 0.05) is 6.54 Å². The SMILES string of the molecule is CCCCC(N)C(=O)NCCOCC(N)=O. The van der Waals surface area contributed by atoms with Crippen molar-refractivity contribution in [3.05, 3.63) is 0 Å². The first kappa shape index (κ1) is 14.9. The first-order chi connectivity index (χ1) is 7.57. The minimum Gasteiger partial charge on any atom is -0.370 e. The van der Waals surface area contributed by atoms with Crippen LogP contribution in [0.25, 0.3) is 0 Å². The van der Waals surface area contributed by atoms with E-state index < -0.39 is 11.9 Å². The van der Waals surface area contributed by atoms with Gasteiger partial charge in [0.2, 0.25) is 11.8 Å². The van der Waals surface area contributed by atoms with Crippen molar-refractivity contribution in [3.8, 4) is 0 Å². The Morgan fingerprint density at radius 3 is 2.69 bits per heavy atom. The van der Waals surface area contributed by atoms with E-state index in [0.717, 1.165) is 12.8 Å². The summed E-state index contributed by atoms with van der Waals surface area (Å²) in [5, 5.41) is 2.62. The minimum atomic E-state index is -0.522. The van der Waals surface area contributed by atoms with Crippen molar-refractivity contribution >= 4 is 11.8 Å². The first-order valence-corrected chi connectivity index (χ1v) is 5.47. The third-order valence-electron chi connectivity index (χ3n) is 2.00. The summed E-state index contributed by atoms with van der Waals surface area (Å²) in [6.07, 6.45) is 2.64. The first-order valence-electron chi connectivity index (χ1n) is 5.47. The Morgan fingerprint density at radius 1 is 1.44 bits per heavy atom. The maximum absolute atomic E-state index is 11.4. The molecule has 0 bridgehead atoms. The Hall–Kier alpha value is -1.14. The van der Waals surface area contributed by atoms with Crippen LogP contribution in [0.4, 0.5) is 0 Å². The van der Waals surface area contributed by atoms with Crippen molar-refractivity contribution in [2.45, 2.75) is 32.2 Å². The number of nitrogens with one attached hydrogen (secondary N) is 1. The molecule has 0 spiro atoms. The summed E-state index contributed by atoms with van der Waals surface area (Å²) in [6.45, 7) is 2.52. The number of nitrogens with two attached hydrogens (primary N) is 2. The zero-order valence-electron chi connectivity index (χ0n) is 9.70. The zero-order chi connectivity index (χ0) is 12.4. The number of amides is 2. The van der Waals surface area contributed by atoms with E-state index in [2.05, 4.69) is 5.32 Å². The van der Waals surface area contributed by atoms with E-state index in [0.29, 0.717) is 13.0 Å². The summed E-state index contributed by atoms with van der Waals surface area (Å²) < 4.78 is 4.88. The van der Waals surface area contributed by atoms with E-state index in [1.807, 2.05) is 6.92 Å². The van der Waals surface area contributed by atoms with Gasteiger partial charge in [-0.2, -0.15) is 0 Å². The number of unbranched alkanes of at least 4 members (excludes halogenated alkanes) is 1. The molecular formula is C10H21N3O3. The monoisotopic (exact) mass is 231 g/mol. The molecule has 5 N–H and O–H groups in total. The van der Waals surface area contributed by atoms with Gasteiger partial charge >= 0.3 is 0 Å². The molecule has 2 amide bonds. The summed E-state index contributed by atoms with van der Waals surface area (Å²) in [5.41, 5.74) is 10.5. The second-order valence-electron chi connectivity index (χ2n) is 3.56. The third kappa shape index (κ3) is 8.19. The molecule has 0 radical (unpaired) electrons. The Balaban J connectivity index is 3.45. The lowest BCUT2D eigenvalue weighted by molar-refractivity contribution is -0.123. The Kier molecular flexibility index (Phi) is 8.46. The predicted molar refractivity (Wildman–Crippen MR) is 60.5 cm³/mol. The number of hydrogen-bond donors (Lipinski definition) is 3. The Morgan fingerprint density at radius 2 is 2.12 bits per heavy atom. The van der Waals surface area contributed by atoms with Crippen molar-refractivity contribution in [2.24, 2.45) is 11.5 Å². The molecule has 0 rings (SSSR count). The lowest BCUT2D eigenvalue weighted by Gasteiger charge is -2.11. The van der Waals surface area contributed by atoms with Crippen LogP contribution < -0.4 is 16.8 Å². The molecule has 1 atom stereocenters. The van der Waals surface area contributed by atoms with Gasteiger partial charge in [-0.1, -0.05) is 19.8 Å². The quantitative estimate of drug-likeness (QED) is 0.448. The van der Waals surface area contributed by atoms with E-state index in [-0.39, 0.29) is 19.1 Å². The zero-order valence-corrected chi connectivity index (χ0v) is 9.70. The summed E-state index contributed by atoms with van der Waals surface area (Å²) in [4.78, 5) is 21.7. The molecule has 0 saturated heterocycles. The van der Waals surface area contributed by atoms with Gasteiger partial charge in [-0.15, -0.1) is 0 Å². The predicted octanol–water partition coefficient (Wildman–Crippen LogP) is -0.878. The van der Waals surface area contributed by atoms with Gasteiger partial charge in [-0.05, 0) is 6.42 Å². The second kappa shape index (κ2) is 9.11. The van der Waals surface area contributed by atoms with Gasteiger partial charge in [-0.25, -0.2) is 0 Å². The van der Waals surface area contributed by atoms with Gasteiger partial charge in [0.25, 0.3) is 0 Å². The van der Waals surface area contributed by atoms with Crippen LogP contribution in [0.3, 0.4) is 0 Å². The largest absolute Gasteiger partial charge is 0.370 e. The fraction of sp³-hybridized carbons (Fsp3) is 0.800. The third-order valence-corrected chi connectivity index (χ3v) is 2.00. The molecule has 16 heavy (non-hydrogen) atoms. The molecule has 0 aromatic heterocycles. The van der Waals surface area contributed by atoms with Crippen molar-refractivity contribution in [1.29, 1.82) is 0 Å². The van der Waals surface area contributed by atoms with Crippen molar-refractivity contribution < 1.29 is 14.3 Å². The van der Waals surface area contributed by atoms with Crippen LogP contribution in [0.5, 0.6) is 0 Å². The molecule has 94 valence electrons. The van der Waals surface area contributed by atoms with Crippen LogP contribution in [-0.2, 0) is 14.3 Å². The maximum Gasteiger partial charge on any atom is 0.243 e. The van der Waals surface area contributed by atoms with Gasteiger partial charge in [-0.3, -0.25) is 9.59 Å². The van der Waals surface area contributed by atoms with Crippen molar-refractivity contribution in [1.82, 2.24) is 5.32 Å². The Labute approximate surface area is 95.7 Å². The van der Waals surface area contributed by atoms with E-state index in [4.69, 9.17) is 16.2 Å². The number of ether oxygens (including phenoxy) is 1. The number of rotatable bonds is 9. The highest BCUT2D eigenvalue weighted by atomic mass is 16.5. The Bertz CT molecular complexity index is 221. The van der Waals surface area contributed by atoms with Gasteiger partial charge in [0.1, 0.15) is 6.61 Å². The average Bonchev–Trinajstić information content (AvgIpc) is 2.24. The van der Waals surface area contributed by atoms with E-state index >= 15 is 0 Å². The topological polar surface area (TPSA) is 107 Å². The highest BCUT2D eigenvalue weighted by Crippen LogP contribution is 1.97. The van der Waals surface area contributed by atoms with Gasteiger partial charge in [0.05, 0.1) is 12.6 Å². The molecule has 6 heteroatoms. The summed E-state index contributed by atoms with van der Waals surface area (Å²) in [5.74, 6) is -0.706. The fourth-order valence-corrected chi connectivity index (χ4v) is 1.11. The summed E-state index contributed by atoms with van der Waals surface area (Å²) in [7, 11) is 0. The molecule has 1 unspecified atom stereocenters. The standard InChI is InChI=1S/C10H21N3O3/c1-2-3-4-8(11)10(15)13-5-6-16-7-9(12)14/h8H,2-7,11H2,1H3,(H2,12,14)(H,13,15). The molecule has 0 aliphatic carbocycles. The van der Waals surface area contributed by atoms with Crippen LogP contribution in [-0.4, -0.2) is 37.6 Å². The highest BCUT2D eigenvalue weighted by molar-refractivity contribution is 5.81. The van der Waals surface area contributed by atoms with Crippen LogP contribution in [0.2, 0.25) is 0 Å². The van der Waals surface area contributed by atoms with Crippen LogP contribution >= 0.6 is 0 Å². The normalized spacial score (nSPS) is 12.1. The highest BCUT2D eigenvalue weighted by Gasteiger charge is 2.11. The molecule has 6 nitrogen and oxygen atoms in total. The number of carbonyl (C=O) groups excluding carboxylic acids is 2. The number of primary amides is 1. The van der Waals surface area contributed by atoms with Crippen LogP contribution in [0.1, 0.15) is 26.2 Å². The minimum absolute atomic E-state index is 0.127. The van der Waals surface area contributed by atoms with E-state index in [1.54, 1.807) is 0 Å². The molecule has 0 aromatic rings. The molecule has 0 aromatic carbocycles. The molecule has 0 aliphatic rings. The van der Waals surface area contributed by atoms with Gasteiger partial charge < -0.3 is 21.5 Å². The summed E-state index contributed by atoms with van der Waals surface area (Å²) >= 11 is 0. The smallest absolute Gasteiger partial charge is 0.243 e. The number of hydrogen-bond acceptors (Lipinski definition) is 4. The molecule has 0 fully saturated rings. The van der Waals surface area contributed by atoms with Crippen molar-refractivity contribution in [3.63, 3.8) is 0 Å². The van der Waals surface area contributed by atoms with E-state index in [1.165, 1.54) is 0 Å². The average molecular weight is 231 g/mol. The van der Waals surface area contributed by atoms with E-state index in [9.17, 15) is 9.59 Å². The molecular weight excluding hydrogens is 210 g/mol. The van der Waals surface area contributed by atoms with Crippen LogP contribution in [0.15, 0.2) is 0 Å². The van der Waals surface area contributed by atoms with Gasteiger partial charge in [0.15, 0.2) is 0 Å². The van der Waals surface area contributed by atoms with Crippen LogP contribution in [0, 0.1) is 0 Å². The molecule has 0 heterocycles. The van der Waals surface area contributed by atoms with Crippen molar-refractivity contribution in [2.75, 3.05) is 19.8 Å². The summed E-state index contributed by atoms with van der Waals surface area (Å²) in [6, 6.07) is -0.462. The molecule has 0 aliphatic heterocycles. The number of carbonyl (C=O) groups is 2. The lowest BCUT2D eigenvalue weighted by atomic mass is 10.1. The second-order valence-corrected chi connectivity index (χ2v) is 3.56. The molecule has 0 saturated carbocycles. The fourth-order valence-electron chi connectivity index (χ4n) is 1.11. The lowest BCUT2D eigenvalue weighted by Crippen LogP contribution is -2.41. The maximum atomic E-state index is 11.4.